The Bertz CT molecular complexity index is 74.0. The Morgan fingerprint density at radius 1 is 1.83 bits per heavy atom. The van der Waals surface area contributed by atoms with E-state index < -0.39 is 0 Å². The minimum absolute atomic E-state index is 0.825. The van der Waals surface area contributed by atoms with Crippen LogP contribution in [-0.4, -0.2) is 6.54 Å². The first kappa shape index (κ1) is 3.88. The van der Waals surface area contributed by atoms with Gasteiger partial charge in [0.25, 0.3) is 0 Å². The molecule has 0 heterocycles. The SMILES string of the molecule is NCCC1=CC1. The molecule has 1 heteroatoms. The van der Waals surface area contributed by atoms with Gasteiger partial charge in [-0.1, -0.05) is 11.6 Å². The Labute approximate surface area is 37.8 Å². The fourth-order valence-electron chi connectivity index (χ4n) is 0.462. The molecule has 1 aliphatic carbocycles. The zero-order chi connectivity index (χ0) is 4.41. The van der Waals surface area contributed by atoms with Crippen molar-refractivity contribution in [1.29, 1.82) is 0 Å². The first-order valence-electron chi connectivity index (χ1n) is 2.31. The Hall–Kier alpha value is -0.300. The van der Waals surface area contributed by atoms with Crippen molar-refractivity contribution in [2.24, 2.45) is 5.73 Å². The number of rotatable bonds is 2. The van der Waals surface area contributed by atoms with Crippen LogP contribution in [0.5, 0.6) is 0 Å². The van der Waals surface area contributed by atoms with Gasteiger partial charge >= 0.3 is 0 Å². The van der Waals surface area contributed by atoms with Gasteiger partial charge < -0.3 is 5.73 Å². The molecule has 0 atom stereocenters. The number of nitrogens with two attached hydrogens (primary N) is 1. The smallest absolute Gasteiger partial charge is 0.00398 e. The molecule has 0 radical (unpaired) electrons. The van der Waals surface area contributed by atoms with Crippen molar-refractivity contribution in [2.75, 3.05) is 6.54 Å². The summed E-state index contributed by atoms with van der Waals surface area (Å²) in [6.45, 7) is 0.825. The second kappa shape index (κ2) is 1.43. The second-order valence-electron chi connectivity index (χ2n) is 1.61. The van der Waals surface area contributed by atoms with Crippen molar-refractivity contribution in [2.45, 2.75) is 12.8 Å². The number of allylic oxidation sites excluding steroid dienone is 1. The minimum atomic E-state index is 0.825. The minimum Gasteiger partial charge on any atom is -0.330 e. The molecule has 0 bridgehead atoms. The molecule has 0 saturated heterocycles. The summed E-state index contributed by atoms with van der Waals surface area (Å²) >= 11 is 0. The van der Waals surface area contributed by atoms with Gasteiger partial charge in [0.05, 0.1) is 0 Å². The van der Waals surface area contributed by atoms with Crippen LogP contribution in [0.15, 0.2) is 11.6 Å². The average molecular weight is 83.1 g/mol. The van der Waals surface area contributed by atoms with Gasteiger partial charge in [-0.2, -0.15) is 0 Å². The Morgan fingerprint density at radius 2 is 2.50 bits per heavy atom. The van der Waals surface area contributed by atoms with Crippen LogP contribution in [0.2, 0.25) is 0 Å². The zero-order valence-corrected chi connectivity index (χ0v) is 3.78. The molecule has 1 nitrogen and oxygen atoms in total. The van der Waals surface area contributed by atoms with Crippen molar-refractivity contribution in [1.82, 2.24) is 0 Å². The van der Waals surface area contributed by atoms with Crippen LogP contribution in [0.3, 0.4) is 0 Å². The van der Waals surface area contributed by atoms with Gasteiger partial charge in [0.2, 0.25) is 0 Å². The highest BCUT2D eigenvalue weighted by Crippen LogP contribution is 2.20. The lowest BCUT2D eigenvalue weighted by molar-refractivity contribution is 0.975. The maximum absolute atomic E-state index is 5.23. The lowest BCUT2D eigenvalue weighted by Crippen LogP contribution is -1.95. The van der Waals surface area contributed by atoms with Crippen molar-refractivity contribution in [3.8, 4) is 0 Å². The first-order chi connectivity index (χ1) is 2.93. The molecule has 0 amide bonds. The maximum atomic E-state index is 5.23. The average Bonchev–Trinajstić information content (AvgIpc) is 2.21. The van der Waals surface area contributed by atoms with E-state index in [-0.39, 0.29) is 0 Å². The molecule has 2 N–H and O–H groups in total. The van der Waals surface area contributed by atoms with Crippen LogP contribution in [0.25, 0.3) is 0 Å². The molecular formula is C5H9N. The molecule has 0 aliphatic heterocycles. The van der Waals surface area contributed by atoms with Crippen molar-refractivity contribution in [3.63, 3.8) is 0 Å². The summed E-state index contributed by atoms with van der Waals surface area (Å²) in [5, 5.41) is 0. The molecule has 1 rings (SSSR count). The molecule has 6 heavy (non-hydrogen) atoms. The van der Waals surface area contributed by atoms with Crippen molar-refractivity contribution in [3.05, 3.63) is 11.6 Å². The van der Waals surface area contributed by atoms with E-state index in [4.69, 9.17) is 5.73 Å². The van der Waals surface area contributed by atoms with E-state index in [1.165, 1.54) is 12.0 Å². The predicted octanol–water partition coefficient (Wildman–Crippen LogP) is 0.665. The van der Waals surface area contributed by atoms with Crippen LogP contribution >= 0.6 is 0 Å². The quantitative estimate of drug-likeness (QED) is 0.488. The predicted molar refractivity (Wildman–Crippen MR) is 26.4 cm³/mol. The molecule has 0 fully saturated rings. The Balaban J connectivity index is 2.02. The van der Waals surface area contributed by atoms with E-state index in [2.05, 4.69) is 6.08 Å². The zero-order valence-electron chi connectivity index (χ0n) is 3.78. The molecule has 0 saturated carbocycles. The highest BCUT2D eigenvalue weighted by molar-refractivity contribution is 5.21. The lowest BCUT2D eigenvalue weighted by Gasteiger charge is -1.79. The third-order valence-electron chi connectivity index (χ3n) is 0.958. The summed E-state index contributed by atoms with van der Waals surface area (Å²) < 4.78 is 0. The number of hydrogen-bond donors (Lipinski definition) is 1. The van der Waals surface area contributed by atoms with Crippen LogP contribution < -0.4 is 5.73 Å². The fourth-order valence-corrected chi connectivity index (χ4v) is 0.462. The largest absolute Gasteiger partial charge is 0.330 e. The highest BCUT2D eigenvalue weighted by Gasteiger charge is 2.02. The van der Waals surface area contributed by atoms with Gasteiger partial charge in [-0.05, 0) is 19.4 Å². The van der Waals surface area contributed by atoms with E-state index in [9.17, 15) is 0 Å². The van der Waals surface area contributed by atoms with Gasteiger partial charge in [0, 0.05) is 0 Å². The topological polar surface area (TPSA) is 26.0 Å². The molecule has 0 aromatic carbocycles. The summed E-state index contributed by atoms with van der Waals surface area (Å²) in [5.41, 5.74) is 6.77. The molecular weight excluding hydrogens is 74.1 g/mol. The van der Waals surface area contributed by atoms with Crippen LogP contribution in [0, 0.1) is 0 Å². The monoisotopic (exact) mass is 83.1 g/mol. The molecule has 34 valence electrons. The normalized spacial score (nSPS) is 17.2. The van der Waals surface area contributed by atoms with E-state index in [1.54, 1.807) is 0 Å². The van der Waals surface area contributed by atoms with E-state index >= 15 is 0 Å². The van der Waals surface area contributed by atoms with Gasteiger partial charge in [0.1, 0.15) is 0 Å². The standard InChI is InChI=1S/C5H9N/c6-4-3-5-1-2-5/h1H,2-4,6H2. The fraction of sp³-hybridized carbons (Fsp3) is 0.600. The van der Waals surface area contributed by atoms with Gasteiger partial charge in [-0.25, -0.2) is 0 Å². The maximum Gasteiger partial charge on any atom is -0.00398 e. The number of hydrogen-bond acceptors (Lipinski definition) is 1. The second-order valence-corrected chi connectivity index (χ2v) is 1.61. The summed E-state index contributed by atoms with van der Waals surface area (Å²) in [7, 11) is 0. The van der Waals surface area contributed by atoms with Gasteiger partial charge in [-0.3, -0.25) is 0 Å². The van der Waals surface area contributed by atoms with Crippen molar-refractivity contribution >= 4 is 0 Å². The third kappa shape index (κ3) is 0.830. The highest BCUT2D eigenvalue weighted by atomic mass is 14.5. The van der Waals surface area contributed by atoms with E-state index in [0.717, 1.165) is 13.0 Å². The lowest BCUT2D eigenvalue weighted by atomic mass is 10.3. The summed E-state index contributed by atoms with van der Waals surface area (Å²) in [4.78, 5) is 0. The summed E-state index contributed by atoms with van der Waals surface area (Å²) in [6.07, 6.45) is 4.57. The van der Waals surface area contributed by atoms with Gasteiger partial charge in [-0.15, -0.1) is 0 Å². The molecule has 0 unspecified atom stereocenters. The Morgan fingerprint density at radius 3 is 2.67 bits per heavy atom. The summed E-state index contributed by atoms with van der Waals surface area (Å²) in [5.74, 6) is 0. The Kier molecular flexibility index (Phi) is 0.926. The van der Waals surface area contributed by atoms with E-state index in [0.29, 0.717) is 0 Å². The molecule has 1 aliphatic rings. The van der Waals surface area contributed by atoms with Crippen molar-refractivity contribution < 1.29 is 0 Å². The molecule has 0 spiro atoms. The first-order valence-corrected chi connectivity index (χ1v) is 2.31. The summed E-state index contributed by atoms with van der Waals surface area (Å²) in [6, 6.07) is 0. The van der Waals surface area contributed by atoms with Crippen LogP contribution in [0.4, 0.5) is 0 Å². The van der Waals surface area contributed by atoms with Gasteiger partial charge in [0.15, 0.2) is 0 Å². The molecule has 0 aromatic heterocycles. The van der Waals surface area contributed by atoms with Crippen LogP contribution in [-0.2, 0) is 0 Å². The van der Waals surface area contributed by atoms with Crippen LogP contribution in [0.1, 0.15) is 12.8 Å². The molecule has 0 aromatic rings. The van der Waals surface area contributed by atoms with E-state index in [1.807, 2.05) is 0 Å². The third-order valence-corrected chi connectivity index (χ3v) is 0.958.